The molecule has 0 radical (unpaired) electrons. The first-order valence-corrected chi connectivity index (χ1v) is 10.4. The van der Waals surface area contributed by atoms with Gasteiger partial charge in [-0.05, 0) is 71.8 Å². The van der Waals surface area contributed by atoms with Gasteiger partial charge in [0.05, 0.1) is 20.6 Å². The average molecular weight is 478 g/mol. The lowest BCUT2D eigenvalue weighted by atomic mass is 10.1. The summed E-state index contributed by atoms with van der Waals surface area (Å²) >= 11 is 0. The molecule has 0 atom stereocenters. The molecule has 0 aliphatic rings. The molecule has 3 aromatic carbocycles. The number of hydrogen-bond acceptors (Lipinski definition) is 8. The maximum atomic E-state index is 11.9. The molecular formula is C27H26O8. The fourth-order valence-electron chi connectivity index (χ4n) is 2.72. The minimum atomic E-state index is -0.347. The van der Waals surface area contributed by atoms with E-state index in [9.17, 15) is 19.8 Å². The molecule has 0 bridgehead atoms. The predicted octanol–water partition coefficient (Wildman–Crippen LogP) is 4.47. The molecular weight excluding hydrogens is 452 g/mol. The van der Waals surface area contributed by atoms with Crippen LogP contribution in [0.3, 0.4) is 0 Å². The summed E-state index contributed by atoms with van der Waals surface area (Å²) in [5, 5.41) is 36.4. The molecule has 35 heavy (non-hydrogen) atoms. The molecule has 0 heterocycles. The van der Waals surface area contributed by atoms with Gasteiger partial charge in [0.25, 0.3) is 0 Å². The molecule has 0 aliphatic heterocycles. The Morgan fingerprint density at radius 2 is 1.03 bits per heavy atom. The number of methoxy groups -OCH3 is 2. The maximum absolute atomic E-state index is 11.9. The van der Waals surface area contributed by atoms with Gasteiger partial charge in [0.2, 0.25) is 0 Å². The van der Waals surface area contributed by atoms with Crippen molar-refractivity contribution in [2.24, 2.45) is 0 Å². The number of ether oxygens (including phenoxy) is 2. The first-order valence-electron chi connectivity index (χ1n) is 10.4. The third kappa shape index (κ3) is 8.97. The number of benzene rings is 3. The van der Waals surface area contributed by atoms with Crippen LogP contribution in [0, 0.1) is 0 Å². The standard InChI is InChI=1S/C21H20O6.C6H6O2/c1-26-20-11-14(5-9-18(20)24)3-7-16(22)13-17(23)8-4-15-6-10-19(25)21(12-15)27-2;7-5-1-2-6(8)4-3-5/h3-12,24-25H,13H2,1-2H3;1-4,7-8H/b7-3+,8-4+;. The van der Waals surface area contributed by atoms with Crippen molar-refractivity contribution in [1.82, 2.24) is 0 Å². The average Bonchev–Trinajstić information content (AvgIpc) is 2.85. The van der Waals surface area contributed by atoms with Gasteiger partial charge in [-0.1, -0.05) is 24.3 Å². The van der Waals surface area contributed by atoms with Crippen molar-refractivity contribution in [3.63, 3.8) is 0 Å². The molecule has 0 saturated heterocycles. The summed E-state index contributed by atoms with van der Waals surface area (Å²) in [4.78, 5) is 23.9. The van der Waals surface area contributed by atoms with Crippen molar-refractivity contribution >= 4 is 23.7 Å². The van der Waals surface area contributed by atoms with Crippen molar-refractivity contribution in [1.29, 1.82) is 0 Å². The third-order valence-corrected chi connectivity index (χ3v) is 4.53. The Kier molecular flexibility index (Phi) is 9.93. The number of hydrogen-bond donors (Lipinski definition) is 4. The Morgan fingerprint density at radius 3 is 1.37 bits per heavy atom. The topological polar surface area (TPSA) is 134 Å². The summed E-state index contributed by atoms with van der Waals surface area (Å²) in [5.41, 5.74) is 1.33. The minimum Gasteiger partial charge on any atom is -0.508 e. The highest BCUT2D eigenvalue weighted by Crippen LogP contribution is 2.27. The van der Waals surface area contributed by atoms with E-state index in [-0.39, 0.29) is 41.0 Å². The van der Waals surface area contributed by atoms with Crippen LogP contribution in [-0.2, 0) is 9.59 Å². The molecule has 8 nitrogen and oxygen atoms in total. The normalized spacial score (nSPS) is 10.6. The van der Waals surface area contributed by atoms with Crippen LogP contribution in [0.25, 0.3) is 12.2 Å². The van der Waals surface area contributed by atoms with E-state index in [0.717, 1.165) is 0 Å². The fraction of sp³-hybridized carbons (Fsp3) is 0.111. The van der Waals surface area contributed by atoms with Crippen molar-refractivity contribution in [3.05, 3.63) is 83.9 Å². The lowest BCUT2D eigenvalue weighted by molar-refractivity contribution is -0.121. The molecule has 0 aromatic heterocycles. The molecule has 8 heteroatoms. The Labute approximate surface area is 202 Å². The first-order chi connectivity index (χ1) is 16.7. The maximum Gasteiger partial charge on any atom is 0.163 e. The molecule has 182 valence electrons. The second kappa shape index (κ2) is 13.1. The van der Waals surface area contributed by atoms with E-state index in [0.29, 0.717) is 22.6 Å². The van der Waals surface area contributed by atoms with Crippen LogP contribution >= 0.6 is 0 Å². The van der Waals surface area contributed by atoms with E-state index in [1.54, 1.807) is 36.4 Å². The van der Waals surface area contributed by atoms with Crippen molar-refractivity contribution in [3.8, 4) is 34.5 Å². The van der Waals surface area contributed by atoms with Crippen molar-refractivity contribution < 1.29 is 39.5 Å². The Hall–Kier alpha value is -4.72. The summed E-state index contributed by atoms with van der Waals surface area (Å²) in [6.45, 7) is 0. The van der Waals surface area contributed by atoms with E-state index >= 15 is 0 Å². The van der Waals surface area contributed by atoms with Gasteiger partial charge in [-0.3, -0.25) is 9.59 Å². The fourth-order valence-corrected chi connectivity index (χ4v) is 2.72. The molecule has 0 spiro atoms. The van der Waals surface area contributed by atoms with Crippen LogP contribution in [0.15, 0.2) is 72.8 Å². The monoisotopic (exact) mass is 478 g/mol. The van der Waals surface area contributed by atoms with E-state index in [2.05, 4.69) is 0 Å². The first kappa shape index (κ1) is 26.5. The van der Waals surface area contributed by atoms with Gasteiger partial charge < -0.3 is 29.9 Å². The molecule has 3 rings (SSSR count). The number of carbonyl (C=O) groups excluding carboxylic acids is 2. The van der Waals surface area contributed by atoms with Gasteiger partial charge in [0.15, 0.2) is 34.6 Å². The Balaban J connectivity index is 0.000000456. The number of phenols is 4. The zero-order valence-corrected chi connectivity index (χ0v) is 19.2. The molecule has 0 aliphatic carbocycles. The summed E-state index contributed by atoms with van der Waals surface area (Å²) in [6, 6.07) is 15.0. The number of allylic oxidation sites excluding steroid dienone is 2. The van der Waals surface area contributed by atoms with E-state index in [4.69, 9.17) is 19.7 Å². The lowest BCUT2D eigenvalue weighted by Gasteiger charge is -2.03. The molecule has 0 unspecified atom stereocenters. The second-order valence-electron chi connectivity index (χ2n) is 7.16. The van der Waals surface area contributed by atoms with Gasteiger partial charge >= 0.3 is 0 Å². The predicted molar refractivity (Wildman–Crippen MR) is 132 cm³/mol. The lowest BCUT2D eigenvalue weighted by Crippen LogP contribution is -2.01. The summed E-state index contributed by atoms with van der Waals surface area (Å²) in [6.07, 6.45) is 5.44. The zero-order chi connectivity index (χ0) is 25.8. The van der Waals surface area contributed by atoms with Gasteiger partial charge in [-0.25, -0.2) is 0 Å². The van der Waals surface area contributed by atoms with E-state index in [1.165, 1.54) is 62.8 Å². The molecule has 0 fully saturated rings. The highest BCUT2D eigenvalue weighted by Gasteiger charge is 2.06. The number of rotatable bonds is 8. The third-order valence-electron chi connectivity index (χ3n) is 4.53. The van der Waals surface area contributed by atoms with E-state index < -0.39 is 0 Å². The van der Waals surface area contributed by atoms with Gasteiger partial charge in [0.1, 0.15) is 11.5 Å². The molecule has 3 aromatic rings. The van der Waals surface area contributed by atoms with Crippen LogP contribution in [0.2, 0.25) is 0 Å². The Morgan fingerprint density at radius 1 is 0.657 bits per heavy atom. The Bertz CT molecular complexity index is 1120. The summed E-state index contributed by atoms with van der Waals surface area (Å²) in [5.74, 6) is 0.255. The van der Waals surface area contributed by atoms with Crippen LogP contribution in [-0.4, -0.2) is 46.2 Å². The van der Waals surface area contributed by atoms with Crippen molar-refractivity contribution in [2.45, 2.75) is 6.42 Å². The number of aromatic hydroxyl groups is 4. The van der Waals surface area contributed by atoms with Crippen LogP contribution in [0.4, 0.5) is 0 Å². The quantitative estimate of drug-likeness (QED) is 0.212. The largest absolute Gasteiger partial charge is 0.508 e. The number of phenolic OH excluding ortho intramolecular Hbond substituents is 4. The smallest absolute Gasteiger partial charge is 0.163 e. The molecule has 0 saturated carbocycles. The minimum absolute atomic E-state index is 0.00662. The highest BCUT2D eigenvalue weighted by molar-refractivity contribution is 6.10. The highest BCUT2D eigenvalue weighted by atomic mass is 16.5. The van der Waals surface area contributed by atoms with Crippen LogP contribution in [0.1, 0.15) is 17.5 Å². The number of ketones is 2. The molecule has 0 amide bonds. The van der Waals surface area contributed by atoms with Crippen LogP contribution < -0.4 is 9.47 Å². The van der Waals surface area contributed by atoms with Gasteiger partial charge in [-0.2, -0.15) is 0 Å². The van der Waals surface area contributed by atoms with Gasteiger partial charge in [-0.15, -0.1) is 0 Å². The van der Waals surface area contributed by atoms with Crippen molar-refractivity contribution in [2.75, 3.05) is 14.2 Å². The SMILES string of the molecule is COc1cc(/C=C/C(=O)CC(=O)/C=C/c2ccc(O)c(OC)c2)ccc1O.Oc1ccc(O)cc1. The summed E-state index contributed by atoms with van der Waals surface area (Å²) < 4.78 is 10.00. The van der Waals surface area contributed by atoms with Crippen LogP contribution in [0.5, 0.6) is 34.5 Å². The number of carbonyl (C=O) groups is 2. The summed E-state index contributed by atoms with van der Waals surface area (Å²) in [7, 11) is 2.87. The second-order valence-corrected chi connectivity index (χ2v) is 7.16. The zero-order valence-electron chi connectivity index (χ0n) is 19.2. The molecule has 4 N–H and O–H groups in total. The van der Waals surface area contributed by atoms with Gasteiger partial charge in [0, 0.05) is 0 Å². The van der Waals surface area contributed by atoms with E-state index in [1.807, 2.05) is 0 Å².